The predicted octanol–water partition coefficient (Wildman–Crippen LogP) is 1.73. The molecular formula is C35H38MgN4O5-2. The first kappa shape index (κ1) is 32.8. The molecule has 0 aromatic carbocycles. The molecule has 3 aromatic heterocycles. The molecule has 4 atom stereocenters. The van der Waals surface area contributed by atoms with Crippen LogP contribution in [0.1, 0.15) is 78.5 Å². The van der Waals surface area contributed by atoms with Crippen molar-refractivity contribution in [1.82, 2.24) is 15.0 Å². The summed E-state index contributed by atoms with van der Waals surface area (Å²) < 4.78 is 5.18. The summed E-state index contributed by atoms with van der Waals surface area (Å²) in [6, 6.07) is -0.581. The molecule has 1 unspecified atom stereocenters. The first-order chi connectivity index (χ1) is 21.0. The number of nitrogens with zero attached hydrogens (tertiary/aromatic N) is 4. The minimum absolute atomic E-state index is 0. The average Bonchev–Trinajstić information content (AvgIpc) is 3.72. The topological polar surface area (TPSA) is 140 Å². The van der Waals surface area contributed by atoms with Gasteiger partial charge in [0.1, 0.15) is 11.7 Å². The monoisotopic (exact) mass is 618 g/mol. The summed E-state index contributed by atoms with van der Waals surface area (Å²) in [6.07, 6.45) is 7.91. The van der Waals surface area contributed by atoms with E-state index in [9.17, 15) is 19.8 Å². The second kappa shape index (κ2) is 12.3. The molecule has 5 heterocycles. The fourth-order valence-electron chi connectivity index (χ4n) is 7.43. The van der Waals surface area contributed by atoms with E-state index in [1.54, 1.807) is 0 Å². The number of hydrogen-bond acceptors (Lipinski definition) is 4. The molecule has 3 aliphatic rings. The number of aliphatic hydroxyl groups is 1. The number of carboxylic acids is 1. The molecule has 2 aliphatic heterocycles. The summed E-state index contributed by atoms with van der Waals surface area (Å²) in [6.45, 7) is 12.3. The molecule has 232 valence electrons. The van der Waals surface area contributed by atoms with Crippen molar-refractivity contribution in [3.8, 4) is 0 Å². The Morgan fingerprint density at radius 3 is 2.20 bits per heavy atom. The molecule has 10 heteroatoms. The summed E-state index contributed by atoms with van der Waals surface area (Å²) in [5.74, 6) is -3.03. The van der Waals surface area contributed by atoms with Gasteiger partial charge in [-0.1, -0.05) is 78.4 Å². The Balaban J connectivity index is 0.00000400. The number of hydrogen-bond donors (Lipinski definition) is 2. The molecule has 6 rings (SSSR count). The number of aromatic nitrogens is 3. The number of allylic oxidation sites excluding steroid dienone is 1. The predicted molar refractivity (Wildman–Crippen MR) is 173 cm³/mol. The number of aliphatic hydroxyl groups excluding tert-OH is 1. The van der Waals surface area contributed by atoms with E-state index in [4.69, 9.17) is 25.0 Å². The minimum atomic E-state index is -1.07. The number of carbonyl (C=O) groups is 2. The average molecular weight is 619 g/mol. The molecular weight excluding hydrogens is 581 g/mol. The smallest absolute Gasteiger partial charge is 0.681 e. The van der Waals surface area contributed by atoms with E-state index < -0.39 is 23.9 Å². The van der Waals surface area contributed by atoms with Crippen molar-refractivity contribution >= 4 is 64.6 Å². The van der Waals surface area contributed by atoms with Gasteiger partial charge in [0.05, 0.1) is 7.11 Å². The zero-order chi connectivity index (χ0) is 31.6. The SMILES string of the molecule is CCc1c2[n-]c(c1C)/C=C1\[N-]C(C3=c4[n-]c(c(C)c4=C(O)[C@@H]3C(=O)OC)/C=c3\[n-]/c(c(C)c3CC)=C\2)[C@@H](CCC(=O)O)[C@@H]1C.[Mg+2]. The zero-order valence-corrected chi connectivity index (χ0v) is 28.4. The van der Waals surface area contributed by atoms with Gasteiger partial charge in [0.25, 0.3) is 0 Å². The number of carbonyl (C=O) groups excluding carboxylic acids is 1. The van der Waals surface area contributed by atoms with Crippen molar-refractivity contribution in [3.05, 3.63) is 77.2 Å². The normalized spacial score (nSPS) is 24.1. The van der Waals surface area contributed by atoms with Crippen molar-refractivity contribution in [2.45, 2.75) is 73.3 Å². The van der Waals surface area contributed by atoms with E-state index >= 15 is 0 Å². The van der Waals surface area contributed by atoms with Crippen molar-refractivity contribution in [2.24, 2.45) is 17.8 Å². The Morgan fingerprint density at radius 1 is 0.889 bits per heavy atom. The minimum Gasteiger partial charge on any atom is -0.681 e. The van der Waals surface area contributed by atoms with Crippen molar-refractivity contribution in [3.63, 3.8) is 0 Å². The zero-order valence-electron chi connectivity index (χ0n) is 27.0. The van der Waals surface area contributed by atoms with E-state index in [1.165, 1.54) is 7.11 Å². The third-order valence-electron chi connectivity index (χ3n) is 9.90. The second-order valence-electron chi connectivity index (χ2n) is 12.1. The molecule has 0 radical (unpaired) electrons. The number of carboxylic acid groups (broad SMARTS) is 1. The van der Waals surface area contributed by atoms with Gasteiger partial charge in [-0.3, -0.25) is 9.59 Å². The van der Waals surface area contributed by atoms with E-state index in [0.29, 0.717) is 28.3 Å². The molecule has 1 aliphatic carbocycles. The number of methoxy groups -OCH3 is 1. The molecule has 3 aromatic rings. The molecule has 1 saturated heterocycles. The van der Waals surface area contributed by atoms with Gasteiger partial charge in [-0.15, -0.1) is 33.1 Å². The third kappa shape index (κ3) is 5.15. The maximum atomic E-state index is 13.2. The van der Waals surface area contributed by atoms with Crippen LogP contribution in [0, 0.1) is 38.5 Å². The van der Waals surface area contributed by atoms with Crippen LogP contribution in [0.2, 0.25) is 0 Å². The van der Waals surface area contributed by atoms with Gasteiger partial charge < -0.3 is 35.2 Å². The summed E-state index contributed by atoms with van der Waals surface area (Å²) in [5.41, 5.74) is 8.88. The quantitative estimate of drug-likeness (QED) is 0.315. The molecule has 1 fully saturated rings. The summed E-state index contributed by atoms with van der Waals surface area (Å²) in [4.78, 5) is 40.1. The first-order valence-corrected chi connectivity index (χ1v) is 15.3. The number of ether oxygens (including phenoxy) is 1. The van der Waals surface area contributed by atoms with E-state index in [2.05, 4.69) is 33.8 Å². The number of esters is 1. The van der Waals surface area contributed by atoms with Crippen LogP contribution in [-0.2, 0) is 27.2 Å². The van der Waals surface area contributed by atoms with Crippen LogP contribution in [0.5, 0.6) is 0 Å². The number of aliphatic carboxylic acids is 1. The summed E-state index contributed by atoms with van der Waals surface area (Å²) in [5, 5.41) is 29.1. The van der Waals surface area contributed by atoms with Crippen LogP contribution in [0.3, 0.4) is 0 Å². The van der Waals surface area contributed by atoms with E-state index in [0.717, 1.165) is 68.4 Å². The Labute approximate surface area is 278 Å². The Hall–Kier alpha value is -3.63. The fourth-order valence-corrected chi connectivity index (χ4v) is 7.43. The third-order valence-corrected chi connectivity index (χ3v) is 9.90. The van der Waals surface area contributed by atoms with Crippen molar-refractivity contribution in [2.75, 3.05) is 7.11 Å². The summed E-state index contributed by atoms with van der Waals surface area (Å²) >= 11 is 0. The maximum absolute atomic E-state index is 13.2. The molecule has 0 spiro atoms. The molecule has 2 N–H and O–H groups in total. The van der Waals surface area contributed by atoms with E-state index in [1.807, 2.05) is 26.0 Å². The molecule has 9 nitrogen and oxygen atoms in total. The fraction of sp³-hybridized carbons (Fsp3) is 0.429. The maximum Gasteiger partial charge on any atom is 2.00 e. The van der Waals surface area contributed by atoms with Gasteiger partial charge in [0.15, 0.2) is 0 Å². The second-order valence-corrected chi connectivity index (χ2v) is 12.1. The molecule has 45 heavy (non-hydrogen) atoms. The molecule has 0 saturated carbocycles. The summed E-state index contributed by atoms with van der Waals surface area (Å²) in [7, 11) is 1.30. The Kier molecular flexibility index (Phi) is 8.94. The van der Waals surface area contributed by atoms with Crippen molar-refractivity contribution in [1.29, 1.82) is 0 Å². The van der Waals surface area contributed by atoms with Gasteiger partial charge in [0.2, 0.25) is 0 Å². The van der Waals surface area contributed by atoms with Gasteiger partial charge in [-0.25, -0.2) is 0 Å². The largest absolute Gasteiger partial charge is 2.00 e. The van der Waals surface area contributed by atoms with Crippen LogP contribution in [-0.4, -0.2) is 58.4 Å². The number of fused-ring (bicyclic) bond motifs is 8. The van der Waals surface area contributed by atoms with Crippen LogP contribution >= 0.6 is 0 Å². The van der Waals surface area contributed by atoms with Gasteiger partial charge in [-0.05, 0) is 51.9 Å². The van der Waals surface area contributed by atoms with Gasteiger partial charge >= 0.3 is 35.0 Å². The Morgan fingerprint density at radius 2 is 1.56 bits per heavy atom. The van der Waals surface area contributed by atoms with Crippen molar-refractivity contribution < 1.29 is 24.5 Å². The molecule has 8 bridgehead atoms. The van der Waals surface area contributed by atoms with Crippen LogP contribution < -0.4 is 36.2 Å². The molecule has 0 amide bonds. The number of rotatable bonds is 6. The van der Waals surface area contributed by atoms with E-state index in [-0.39, 0.29) is 47.1 Å². The van der Waals surface area contributed by atoms with Crippen LogP contribution in [0.15, 0.2) is 5.70 Å². The van der Waals surface area contributed by atoms with Crippen LogP contribution in [0.25, 0.3) is 34.9 Å². The van der Waals surface area contributed by atoms with Gasteiger partial charge in [0, 0.05) is 11.6 Å². The standard InChI is InChI=1S/C35H38N4O5.Mg/c1-8-19-15(3)22-12-24-17(5)21(10-11-28(40)41)32(38-24)30-31(35(43)44-7)34(42)29-18(6)25(39-33(29)30)14-27-20(9-2)16(4)23(37-27)13-26(19)36-22;/h12-14,17,21,31-32,42H,8-11H2,1-7H3,(H,40,41);/q-4;+2/b23-13-,24-12-,27-14-;/t17-,21-,31+,32?;/m0./s1. The Bertz CT molecular complexity index is 1990. The first-order valence-electron chi connectivity index (χ1n) is 15.3. The van der Waals surface area contributed by atoms with Gasteiger partial charge in [-0.2, -0.15) is 5.70 Å². The van der Waals surface area contributed by atoms with Crippen LogP contribution in [0.4, 0.5) is 0 Å².